The highest BCUT2D eigenvalue weighted by Gasteiger charge is 2.37. The van der Waals surface area contributed by atoms with E-state index in [0.717, 1.165) is 70.8 Å². The van der Waals surface area contributed by atoms with Crippen molar-refractivity contribution in [1.29, 1.82) is 0 Å². The van der Waals surface area contributed by atoms with Crippen LogP contribution >= 0.6 is 0 Å². The number of unbranched alkanes of at least 4 members (excludes halogenated alkanes) is 1. The normalized spacial score (nSPS) is 22.3. The van der Waals surface area contributed by atoms with Gasteiger partial charge in [-0.05, 0) is 73.8 Å². The number of fused-ring (bicyclic) bond motifs is 1. The van der Waals surface area contributed by atoms with Gasteiger partial charge in [0, 0.05) is 38.0 Å². The van der Waals surface area contributed by atoms with E-state index in [4.69, 9.17) is 19.4 Å². The van der Waals surface area contributed by atoms with Gasteiger partial charge in [-0.15, -0.1) is 0 Å². The largest absolute Gasteiger partial charge is 0.493 e. The zero-order valence-corrected chi connectivity index (χ0v) is 25.0. The third-order valence-electron chi connectivity index (χ3n) is 9.10. The highest BCUT2D eigenvalue weighted by Crippen LogP contribution is 2.37. The minimum atomic E-state index is 0.747. The van der Waals surface area contributed by atoms with Crippen LogP contribution in [0.1, 0.15) is 75.6 Å². The average Bonchev–Trinajstić information content (AvgIpc) is 3.72. The van der Waals surface area contributed by atoms with E-state index in [1.165, 1.54) is 69.8 Å². The Hall–Kier alpha value is -2.86. The number of ether oxygens (including phenoxy) is 2. The fraction of sp³-hybridized carbons (Fsp3) is 0.588. The maximum atomic E-state index is 5.44. The lowest BCUT2D eigenvalue weighted by atomic mass is 9.78. The van der Waals surface area contributed by atoms with Crippen LogP contribution in [0.2, 0.25) is 0 Å². The van der Waals surface area contributed by atoms with Gasteiger partial charge < -0.3 is 19.7 Å². The Labute approximate surface area is 240 Å². The molecule has 0 amide bonds. The van der Waals surface area contributed by atoms with Crippen LogP contribution in [0.3, 0.4) is 0 Å². The van der Waals surface area contributed by atoms with Gasteiger partial charge in [-0.1, -0.05) is 56.7 Å². The van der Waals surface area contributed by atoms with Gasteiger partial charge in [0.05, 0.1) is 19.7 Å². The summed E-state index contributed by atoms with van der Waals surface area (Å²) in [5.74, 6) is 5.45. The van der Waals surface area contributed by atoms with Gasteiger partial charge in [0.2, 0.25) is 0 Å². The smallest absolute Gasteiger partial charge is 0.160 e. The fourth-order valence-electron chi connectivity index (χ4n) is 6.69. The van der Waals surface area contributed by atoms with Crippen molar-refractivity contribution >= 4 is 16.7 Å². The molecule has 2 heterocycles. The van der Waals surface area contributed by atoms with E-state index < -0.39 is 0 Å². The number of rotatable bonds is 14. The van der Waals surface area contributed by atoms with Gasteiger partial charge in [-0.3, -0.25) is 0 Å². The third-order valence-corrected chi connectivity index (χ3v) is 9.10. The SMILES string of the molecule is COc1ccc(CCCCC2NC2CC2CCC(CCCc3nc(N(C)C)c4ccccc4n3)CC2)cc1OC. The lowest BCUT2D eigenvalue weighted by Gasteiger charge is -2.28. The van der Waals surface area contributed by atoms with Crippen molar-refractivity contribution in [1.82, 2.24) is 15.3 Å². The predicted octanol–water partition coefficient (Wildman–Crippen LogP) is 6.99. The summed E-state index contributed by atoms with van der Waals surface area (Å²) in [6, 6.07) is 16.2. The number of anilines is 1. The number of hydrogen-bond acceptors (Lipinski definition) is 6. The second kappa shape index (κ2) is 13.7. The summed E-state index contributed by atoms with van der Waals surface area (Å²) >= 11 is 0. The summed E-state index contributed by atoms with van der Waals surface area (Å²) in [7, 11) is 7.53. The molecule has 3 aromatic rings. The van der Waals surface area contributed by atoms with Crippen LogP contribution in [0.15, 0.2) is 42.5 Å². The topological polar surface area (TPSA) is 69.4 Å². The lowest BCUT2D eigenvalue weighted by molar-refractivity contribution is 0.248. The molecule has 2 unspecified atom stereocenters. The Balaban J connectivity index is 0.959. The molecule has 0 bridgehead atoms. The first kappa shape index (κ1) is 28.7. The molecule has 6 nitrogen and oxygen atoms in total. The number of hydrogen-bond donors (Lipinski definition) is 1. The van der Waals surface area contributed by atoms with Gasteiger partial charge in [0.25, 0.3) is 0 Å². The van der Waals surface area contributed by atoms with E-state index in [1.54, 1.807) is 14.2 Å². The van der Waals surface area contributed by atoms with E-state index in [-0.39, 0.29) is 0 Å². The molecule has 40 heavy (non-hydrogen) atoms. The number of aromatic nitrogens is 2. The Bertz CT molecular complexity index is 1240. The van der Waals surface area contributed by atoms with Crippen LogP contribution in [0.25, 0.3) is 10.9 Å². The third kappa shape index (κ3) is 7.45. The van der Waals surface area contributed by atoms with Crippen LogP contribution in [-0.2, 0) is 12.8 Å². The van der Waals surface area contributed by atoms with Gasteiger partial charge in [-0.25, -0.2) is 9.97 Å². The van der Waals surface area contributed by atoms with E-state index in [0.29, 0.717) is 0 Å². The standard InChI is InChI=1S/C34H48N4O2/c1-38(2)34-27-12-6-8-13-28(27)36-33(37-34)15-9-11-24-16-18-26(19-17-24)22-30-29(35-30)14-7-5-10-25-20-21-31(39-3)32(23-25)40-4/h6,8,12-13,20-21,23-24,26,29-30,35H,5,7,9-11,14-19,22H2,1-4H3. The van der Waals surface area contributed by atoms with E-state index in [2.05, 4.69) is 60.7 Å². The molecule has 1 aliphatic heterocycles. The van der Waals surface area contributed by atoms with E-state index in [9.17, 15) is 0 Å². The highest BCUT2D eigenvalue weighted by atomic mass is 16.5. The molecule has 2 atom stereocenters. The second-order valence-electron chi connectivity index (χ2n) is 12.2. The maximum Gasteiger partial charge on any atom is 0.160 e. The Morgan fingerprint density at radius 3 is 2.35 bits per heavy atom. The van der Waals surface area contributed by atoms with Crippen molar-refractivity contribution in [3.8, 4) is 11.5 Å². The zero-order chi connectivity index (χ0) is 27.9. The van der Waals surface area contributed by atoms with E-state index in [1.807, 2.05) is 6.07 Å². The van der Waals surface area contributed by atoms with Crippen LogP contribution in [0.5, 0.6) is 11.5 Å². The first-order chi connectivity index (χ1) is 19.5. The van der Waals surface area contributed by atoms with Gasteiger partial charge in [-0.2, -0.15) is 0 Å². The predicted molar refractivity (Wildman–Crippen MR) is 165 cm³/mol. The number of para-hydroxylation sites is 1. The highest BCUT2D eigenvalue weighted by molar-refractivity contribution is 5.89. The monoisotopic (exact) mass is 544 g/mol. The summed E-state index contributed by atoms with van der Waals surface area (Å²) in [4.78, 5) is 11.9. The van der Waals surface area contributed by atoms with Crippen LogP contribution < -0.4 is 19.7 Å². The Morgan fingerprint density at radius 2 is 1.57 bits per heavy atom. The van der Waals surface area contributed by atoms with Gasteiger partial charge >= 0.3 is 0 Å². The number of aryl methyl sites for hydroxylation is 2. The molecule has 216 valence electrons. The van der Waals surface area contributed by atoms with Crippen molar-refractivity contribution in [2.75, 3.05) is 33.2 Å². The molecule has 1 N–H and O–H groups in total. The quantitative estimate of drug-likeness (QED) is 0.174. The number of benzene rings is 2. The molecule has 1 aromatic heterocycles. The lowest BCUT2D eigenvalue weighted by Crippen LogP contribution is -2.17. The minimum Gasteiger partial charge on any atom is -0.493 e. The first-order valence-electron chi connectivity index (χ1n) is 15.4. The number of nitrogens with one attached hydrogen (secondary N) is 1. The van der Waals surface area contributed by atoms with Crippen molar-refractivity contribution in [2.24, 2.45) is 11.8 Å². The molecule has 1 aliphatic carbocycles. The average molecular weight is 545 g/mol. The first-order valence-corrected chi connectivity index (χ1v) is 15.4. The zero-order valence-electron chi connectivity index (χ0n) is 25.0. The molecule has 0 radical (unpaired) electrons. The van der Waals surface area contributed by atoms with Crippen molar-refractivity contribution in [3.05, 3.63) is 53.9 Å². The molecule has 0 spiro atoms. The van der Waals surface area contributed by atoms with Crippen LogP contribution in [-0.4, -0.2) is 50.4 Å². The van der Waals surface area contributed by atoms with E-state index >= 15 is 0 Å². The van der Waals surface area contributed by atoms with Crippen LogP contribution in [0.4, 0.5) is 5.82 Å². The second-order valence-corrected chi connectivity index (χ2v) is 12.2. The summed E-state index contributed by atoms with van der Waals surface area (Å²) in [5.41, 5.74) is 2.39. The van der Waals surface area contributed by atoms with Crippen LogP contribution in [0, 0.1) is 11.8 Å². The number of methoxy groups -OCH3 is 2. The maximum absolute atomic E-state index is 5.44. The Kier molecular flexibility index (Phi) is 9.79. The molecule has 6 heteroatoms. The van der Waals surface area contributed by atoms with Gasteiger partial charge in [0.15, 0.2) is 11.5 Å². The van der Waals surface area contributed by atoms with Crippen molar-refractivity contribution in [2.45, 2.75) is 89.1 Å². The Morgan fingerprint density at radius 1 is 0.800 bits per heavy atom. The molecule has 2 aliphatic rings. The summed E-state index contributed by atoms with van der Waals surface area (Å²) in [6.45, 7) is 0. The summed E-state index contributed by atoms with van der Waals surface area (Å²) < 4.78 is 10.8. The molecule has 2 aromatic carbocycles. The molecular weight excluding hydrogens is 496 g/mol. The van der Waals surface area contributed by atoms with Crippen molar-refractivity contribution < 1.29 is 9.47 Å². The fourth-order valence-corrected chi connectivity index (χ4v) is 6.69. The molecule has 1 saturated heterocycles. The van der Waals surface area contributed by atoms with Crippen molar-refractivity contribution in [3.63, 3.8) is 0 Å². The summed E-state index contributed by atoms with van der Waals surface area (Å²) in [6.07, 6.45) is 15.4. The minimum absolute atomic E-state index is 0.747. The molecule has 5 rings (SSSR count). The molecule has 1 saturated carbocycles. The summed E-state index contributed by atoms with van der Waals surface area (Å²) in [5, 5.41) is 4.92. The molecule has 2 fully saturated rings. The van der Waals surface area contributed by atoms with Gasteiger partial charge in [0.1, 0.15) is 11.6 Å². The number of nitrogens with zero attached hydrogens (tertiary/aromatic N) is 3. The molecular formula is C34H48N4O2.